The van der Waals surface area contributed by atoms with Gasteiger partial charge in [0.25, 0.3) is 0 Å². The van der Waals surface area contributed by atoms with Crippen molar-refractivity contribution in [2.75, 3.05) is 5.32 Å². The van der Waals surface area contributed by atoms with E-state index in [1.165, 1.54) is 6.33 Å². The Morgan fingerprint density at radius 2 is 1.94 bits per heavy atom. The average Bonchev–Trinajstić information content (AvgIpc) is 3.41. The van der Waals surface area contributed by atoms with E-state index in [1.807, 2.05) is 39.0 Å². The summed E-state index contributed by atoms with van der Waals surface area (Å²) in [6, 6.07) is 6.12. The Hall–Kier alpha value is -3.82. The third kappa shape index (κ3) is 4.48. The van der Waals surface area contributed by atoms with Crippen LogP contribution < -0.4 is 10.6 Å². The van der Waals surface area contributed by atoms with Crippen molar-refractivity contribution in [1.29, 1.82) is 0 Å². The Morgan fingerprint density at radius 3 is 2.71 bits per heavy atom. The topological polar surface area (TPSA) is 129 Å². The number of H-pyrrole nitrogens is 1. The van der Waals surface area contributed by atoms with Crippen molar-refractivity contribution in [2.24, 2.45) is 0 Å². The van der Waals surface area contributed by atoms with Gasteiger partial charge in [-0.15, -0.1) is 0 Å². The molecule has 3 aromatic heterocycles. The van der Waals surface area contributed by atoms with Gasteiger partial charge in [0, 0.05) is 34.6 Å². The smallest absolute Gasteiger partial charge is 0.407 e. The fraction of sp³-hybridized carbons (Fsp3) is 0.417. The molecule has 4 aromatic rings. The monoisotopic (exact) mass is 463 g/mol. The first kappa shape index (κ1) is 22.0. The van der Waals surface area contributed by atoms with E-state index in [2.05, 4.69) is 30.7 Å². The molecule has 1 saturated carbocycles. The number of alkyl carbamates (subject to hydrolysis) is 1. The Bertz CT molecular complexity index is 1330. The average molecular weight is 464 g/mol. The van der Waals surface area contributed by atoms with Gasteiger partial charge in [0.15, 0.2) is 17.3 Å². The summed E-state index contributed by atoms with van der Waals surface area (Å²) in [4.78, 5) is 24.0. The van der Waals surface area contributed by atoms with Crippen molar-refractivity contribution < 1.29 is 14.6 Å². The standard InChI is InChI=1S/C24H29N7O3/c1-24(2,3)34-23(33)30-17-7-5-16(6-8-17)29-20-21-27-13-28-31(21)19(12-25-20)14-4-9-18-15(10-14)11-26-22(18)32/h4,9-13,16-17,26,32H,5-8H2,1-3H3,(H,25,29)(H,30,33). The Morgan fingerprint density at radius 1 is 1.18 bits per heavy atom. The lowest BCUT2D eigenvalue weighted by Gasteiger charge is -2.30. The van der Waals surface area contributed by atoms with E-state index in [4.69, 9.17) is 4.74 Å². The van der Waals surface area contributed by atoms with Crippen LogP contribution in [0.4, 0.5) is 10.6 Å². The van der Waals surface area contributed by atoms with E-state index in [0.29, 0.717) is 11.5 Å². The molecule has 4 N–H and O–H groups in total. The molecule has 5 rings (SSSR count). The van der Waals surface area contributed by atoms with Gasteiger partial charge in [-0.2, -0.15) is 5.10 Å². The second-order valence-corrected chi connectivity index (χ2v) is 9.77. The number of aromatic amines is 1. The van der Waals surface area contributed by atoms with Gasteiger partial charge < -0.3 is 25.5 Å². The lowest BCUT2D eigenvalue weighted by molar-refractivity contribution is 0.0492. The lowest BCUT2D eigenvalue weighted by atomic mass is 9.91. The third-order valence-electron chi connectivity index (χ3n) is 6.06. The zero-order chi connectivity index (χ0) is 23.9. The highest BCUT2D eigenvalue weighted by atomic mass is 16.6. The van der Waals surface area contributed by atoms with Crippen LogP contribution in [0.15, 0.2) is 36.9 Å². The second-order valence-electron chi connectivity index (χ2n) is 9.77. The summed E-state index contributed by atoms with van der Waals surface area (Å²) in [6.45, 7) is 5.58. The molecule has 3 heterocycles. The fourth-order valence-corrected chi connectivity index (χ4v) is 4.45. The molecule has 1 fully saturated rings. The van der Waals surface area contributed by atoms with Crippen molar-refractivity contribution in [1.82, 2.24) is 29.9 Å². The fourth-order valence-electron chi connectivity index (χ4n) is 4.45. The summed E-state index contributed by atoms with van der Waals surface area (Å²) in [7, 11) is 0. The quantitative estimate of drug-likeness (QED) is 0.356. The highest BCUT2D eigenvalue weighted by molar-refractivity contribution is 5.91. The maximum atomic E-state index is 12.0. The van der Waals surface area contributed by atoms with Gasteiger partial charge in [-0.3, -0.25) is 0 Å². The number of nitrogens with zero attached hydrogens (tertiary/aromatic N) is 4. The summed E-state index contributed by atoms with van der Waals surface area (Å²) in [5.41, 5.74) is 1.89. The Labute approximate surface area is 196 Å². The number of carbonyl (C=O) groups excluding carboxylic acids is 1. The van der Waals surface area contributed by atoms with Gasteiger partial charge in [-0.1, -0.05) is 6.07 Å². The van der Waals surface area contributed by atoms with Crippen molar-refractivity contribution in [3.8, 4) is 17.1 Å². The molecular weight excluding hydrogens is 434 g/mol. The molecule has 178 valence electrons. The molecule has 0 unspecified atom stereocenters. The molecule has 1 aliphatic rings. The Balaban J connectivity index is 1.28. The number of aromatic hydroxyl groups is 1. The van der Waals surface area contributed by atoms with Crippen LogP contribution >= 0.6 is 0 Å². The van der Waals surface area contributed by atoms with Crippen molar-refractivity contribution in [3.63, 3.8) is 0 Å². The minimum atomic E-state index is -0.501. The van der Waals surface area contributed by atoms with Crippen molar-refractivity contribution >= 4 is 28.3 Å². The molecule has 0 spiro atoms. The molecule has 0 bridgehead atoms. The maximum Gasteiger partial charge on any atom is 0.407 e. The van der Waals surface area contributed by atoms with E-state index in [-0.39, 0.29) is 24.1 Å². The second kappa shape index (κ2) is 8.51. The summed E-state index contributed by atoms with van der Waals surface area (Å²) in [6.07, 6.45) is 8.24. The van der Waals surface area contributed by atoms with Crippen LogP contribution in [0.5, 0.6) is 5.88 Å². The number of amides is 1. The normalized spacial score (nSPS) is 18.8. The van der Waals surface area contributed by atoms with Crippen LogP contribution in [0.1, 0.15) is 46.5 Å². The largest absolute Gasteiger partial charge is 0.494 e. The van der Waals surface area contributed by atoms with Gasteiger partial charge in [-0.05, 0) is 58.6 Å². The van der Waals surface area contributed by atoms with E-state index >= 15 is 0 Å². The number of anilines is 1. The summed E-state index contributed by atoms with van der Waals surface area (Å²) >= 11 is 0. The first-order valence-corrected chi connectivity index (χ1v) is 11.5. The molecule has 10 heteroatoms. The molecule has 0 radical (unpaired) electrons. The molecule has 1 amide bonds. The van der Waals surface area contributed by atoms with Crippen LogP contribution in [0.3, 0.4) is 0 Å². The number of nitrogens with one attached hydrogen (secondary N) is 3. The number of ether oxygens (including phenoxy) is 1. The van der Waals surface area contributed by atoms with E-state index in [1.54, 1.807) is 16.9 Å². The third-order valence-corrected chi connectivity index (χ3v) is 6.06. The highest BCUT2D eigenvalue weighted by Gasteiger charge is 2.25. The molecule has 0 saturated heterocycles. The Kier molecular flexibility index (Phi) is 5.51. The van der Waals surface area contributed by atoms with Crippen LogP contribution in [0, 0.1) is 0 Å². The van der Waals surface area contributed by atoms with Crippen LogP contribution in [-0.2, 0) is 4.74 Å². The SMILES string of the molecule is CC(C)(C)OC(=O)NC1CCC(Nc2ncc(-c3ccc4c(O)[nH]cc4c3)n3ncnc23)CC1. The number of hydrogen-bond acceptors (Lipinski definition) is 7. The van der Waals surface area contributed by atoms with E-state index < -0.39 is 5.60 Å². The number of benzene rings is 1. The number of carbonyl (C=O) groups is 1. The number of fused-ring (bicyclic) bond motifs is 2. The molecule has 0 aliphatic heterocycles. The van der Waals surface area contributed by atoms with Crippen LogP contribution in [0.25, 0.3) is 27.7 Å². The molecule has 1 aromatic carbocycles. The molecule has 34 heavy (non-hydrogen) atoms. The molecular formula is C24H29N7O3. The van der Waals surface area contributed by atoms with Gasteiger partial charge in [0.1, 0.15) is 11.9 Å². The predicted molar refractivity (Wildman–Crippen MR) is 129 cm³/mol. The van der Waals surface area contributed by atoms with Crippen LogP contribution in [0.2, 0.25) is 0 Å². The van der Waals surface area contributed by atoms with Crippen molar-refractivity contribution in [2.45, 2.75) is 64.1 Å². The van der Waals surface area contributed by atoms with Crippen LogP contribution in [-0.4, -0.2) is 53.5 Å². The van der Waals surface area contributed by atoms with Gasteiger partial charge in [-0.25, -0.2) is 19.3 Å². The zero-order valence-electron chi connectivity index (χ0n) is 19.5. The van der Waals surface area contributed by atoms with E-state index in [0.717, 1.165) is 47.7 Å². The summed E-state index contributed by atoms with van der Waals surface area (Å²) in [5, 5.41) is 22.5. The first-order valence-electron chi connectivity index (χ1n) is 11.5. The van der Waals surface area contributed by atoms with Gasteiger partial charge in [0.05, 0.1) is 11.9 Å². The minimum absolute atomic E-state index is 0.110. The minimum Gasteiger partial charge on any atom is -0.494 e. The maximum absolute atomic E-state index is 12.0. The molecule has 10 nitrogen and oxygen atoms in total. The molecule has 0 atom stereocenters. The number of hydrogen-bond donors (Lipinski definition) is 4. The summed E-state index contributed by atoms with van der Waals surface area (Å²) < 4.78 is 7.14. The summed E-state index contributed by atoms with van der Waals surface area (Å²) in [5.74, 6) is 0.839. The van der Waals surface area contributed by atoms with E-state index in [9.17, 15) is 9.90 Å². The number of rotatable bonds is 4. The lowest BCUT2D eigenvalue weighted by Crippen LogP contribution is -2.42. The predicted octanol–water partition coefficient (Wildman–Crippen LogP) is 4.23. The molecule has 1 aliphatic carbocycles. The van der Waals surface area contributed by atoms with Gasteiger partial charge in [0.2, 0.25) is 0 Å². The number of aromatic nitrogens is 5. The highest BCUT2D eigenvalue weighted by Crippen LogP contribution is 2.30. The first-order chi connectivity index (χ1) is 16.3. The van der Waals surface area contributed by atoms with Crippen molar-refractivity contribution in [3.05, 3.63) is 36.9 Å². The van der Waals surface area contributed by atoms with Gasteiger partial charge >= 0.3 is 6.09 Å². The zero-order valence-corrected chi connectivity index (χ0v) is 19.5.